The molecule has 1 saturated carbocycles. The summed E-state index contributed by atoms with van der Waals surface area (Å²) in [6.07, 6.45) is 4.14. The lowest BCUT2D eigenvalue weighted by atomic mass is 9.90. The molecular formula is C33H35FN2O5. The number of carboxylic acid groups (broad SMARTS) is 1. The number of carboxylic acids is 1. The summed E-state index contributed by atoms with van der Waals surface area (Å²) in [7, 11) is 0. The first-order valence-electron chi connectivity index (χ1n) is 14.5. The summed E-state index contributed by atoms with van der Waals surface area (Å²) in [4.78, 5) is 18.5. The number of fused-ring (bicyclic) bond motifs is 2. The first-order valence-corrected chi connectivity index (χ1v) is 14.5. The van der Waals surface area contributed by atoms with Gasteiger partial charge in [0.05, 0.1) is 24.3 Å². The van der Waals surface area contributed by atoms with Crippen LogP contribution in [0.4, 0.5) is 4.39 Å². The molecule has 0 radical (unpaired) electrons. The van der Waals surface area contributed by atoms with Crippen LogP contribution in [0.3, 0.4) is 0 Å². The number of benzene rings is 3. The number of oxazole rings is 1. The van der Waals surface area contributed by atoms with Gasteiger partial charge in [0.1, 0.15) is 22.8 Å². The van der Waals surface area contributed by atoms with Crippen molar-refractivity contribution in [2.24, 2.45) is 11.8 Å². The molecule has 6 rings (SSSR count). The van der Waals surface area contributed by atoms with E-state index in [1.807, 2.05) is 13.8 Å². The Morgan fingerprint density at radius 3 is 2.44 bits per heavy atom. The third kappa shape index (κ3) is 5.53. The number of ether oxygens (including phenoxy) is 2. The Morgan fingerprint density at radius 2 is 1.76 bits per heavy atom. The van der Waals surface area contributed by atoms with Crippen LogP contribution in [0.2, 0.25) is 0 Å². The van der Waals surface area contributed by atoms with Gasteiger partial charge in [-0.05, 0) is 105 Å². The van der Waals surface area contributed by atoms with E-state index in [-0.39, 0.29) is 11.4 Å². The number of nitrogens with zero attached hydrogens (tertiary/aromatic N) is 2. The van der Waals surface area contributed by atoms with E-state index in [1.54, 1.807) is 30.3 Å². The molecule has 2 fully saturated rings. The highest BCUT2D eigenvalue weighted by molar-refractivity contribution is 5.91. The lowest BCUT2D eigenvalue weighted by molar-refractivity contribution is 0.0697. The van der Waals surface area contributed by atoms with Crippen molar-refractivity contribution in [1.82, 2.24) is 9.88 Å². The third-order valence-electron chi connectivity index (χ3n) is 8.51. The zero-order chi connectivity index (χ0) is 28.5. The summed E-state index contributed by atoms with van der Waals surface area (Å²) in [6.45, 7) is 6.80. The van der Waals surface area contributed by atoms with E-state index in [9.17, 15) is 14.3 Å². The molecule has 1 aromatic heterocycles. The molecule has 1 N–H and O–H groups in total. The van der Waals surface area contributed by atoms with E-state index in [4.69, 9.17) is 13.9 Å². The Kier molecular flexibility index (Phi) is 7.67. The van der Waals surface area contributed by atoms with Crippen molar-refractivity contribution in [2.75, 3.05) is 19.8 Å². The molecule has 214 valence electrons. The Balaban J connectivity index is 1.19. The molecule has 2 aliphatic rings. The van der Waals surface area contributed by atoms with Gasteiger partial charge in [-0.15, -0.1) is 0 Å². The number of likely N-dealkylation sites (tertiary alicyclic amines) is 1. The van der Waals surface area contributed by atoms with E-state index in [2.05, 4.69) is 22.0 Å². The van der Waals surface area contributed by atoms with Crippen LogP contribution in [0.25, 0.3) is 22.2 Å². The van der Waals surface area contributed by atoms with Gasteiger partial charge in [0.15, 0.2) is 11.5 Å². The molecule has 0 spiro atoms. The second-order valence-electron chi connectivity index (χ2n) is 11.0. The number of carbonyl (C=O) groups is 1. The van der Waals surface area contributed by atoms with Crippen molar-refractivity contribution >= 4 is 17.1 Å². The van der Waals surface area contributed by atoms with Gasteiger partial charge < -0.3 is 19.0 Å². The largest absolute Gasteiger partial charge is 0.493 e. The lowest BCUT2D eigenvalue weighted by Crippen LogP contribution is -2.30. The van der Waals surface area contributed by atoms with Crippen molar-refractivity contribution in [1.29, 1.82) is 0 Å². The van der Waals surface area contributed by atoms with Crippen LogP contribution in [0.1, 0.15) is 54.9 Å². The van der Waals surface area contributed by atoms with Gasteiger partial charge in [-0.25, -0.2) is 14.2 Å². The third-order valence-corrected chi connectivity index (χ3v) is 8.51. The van der Waals surface area contributed by atoms with Gasteiger partial charge >= 0.3 is 5.97 Å². The average molecular weight is 559 g/mol. The van der Waals surface area contributed by atoms with Crippen LogP contribution in [0.5, 0.6) is 11.5 Å². The van der Waals surface area contributed by atoms with Gasteiger partial charge in [0.25, 0.3) is 0 Å². The molecule has 8 heteroatoms. The maximum absolute atomic E-state index is 13.6. The Labute approximate surface area is 238 Å². The lowest BCUT2D eigenvalue weighted by Gasteiger charge is -2.25. The molecular weight excluding hydrogens is 523 g/mol. The SMILES string of the molecule is CCOc1cc(CN2CC[C@H]3C(Cc4nc5cc(C(=O)O)ccc5o4)CC[C@H]32)cc(OCC)c1-c1ccc(F)cc1. The zero-order valence-electron chi connectivity index (χ0n) is 23.4. The van der Waals surface area contributed by atoms with E-state index in [1.165, 1.54) is 12.1 Å². The maximum atomic E-state index is 13.6. The molecule has 0 amide bonds. The molecule has 2 heterocycles. The highest BCUT2D eigenvalue weighted by Crippen LogP contribution is 2.45. The Morgan fingerprint density at radius 1 is 1.02 bits per heavy atom. The minimum absolute atomic E-state index is 0.218. The van der Waals surface area contributed by atoms with Gasteiger partial charge in [-0.3, -0.25) is 4.90 Å². The summed E-state index contributed by atoms with van der Waals surface area (Å²) in [5, 5.41) is 9.28. The van der Waals surface area contributed by atoms with Gasteiger partial charge in [0.2, 0.25) is 0 Å². The number of aromatic carboxylic acids is 1. The minimum atomic E-state index is -0.965. The fourth-order valence-corrected chi connectivity index (χ4v) is 6.77. The fraction of sp³-hybridized carbons (Fsp3) is 0.394. The summed E-state index contributed by atoms with van der Waals surface area (Å²) in [5.41, 5.74) is 4.30. The van der Waals surface area contributed by atoms with E-state index in [0.29, 0.717) is 48.1 Å². The van der Waals surface area contributed by atoms with Crippen LogP contribution in [-0.2, 0) is 13.0 Å². The number of rotatable bonds is 10. The van der Waals surface area contributed by atoms with Gasteiger partial charge in [0, 0.05) is 19.0 Å². The quantitative estimate of drug-likeness (QED) is 0.225. The summed E-state index contributed by atoms with van der Waals surface area (Å²) < 4.78 is 31.8. The number of halogens is 1. The highest BCUT2D eigenvalue weighted by Gasteiger charge is 2.44. The molecule has 41 heavy (non-hydrogen) atoms. The molecule has 0 bridgehead atoms. The molecule has 3 atom stereocenters. The second-order valence-corrected chi connectivity index (χ2v) is 11.0. The first-order chi connectivity index (χ1) is 19.9. The van der Waals surface area contributed by atoms with Crippen molar-refractivity contribution in [2.45, 2.75) is 52.1 Å². The second kappa shape index (κ2) is 11.5. The van der Waals surface area contributed by atoms with Crippen molar-refractivity contribution < 1.29 is 28.2 Å². The van der Waals surface area contributed by atoms with Crippen LogP contribution in [0, 0.1) is 17.7 Å². The number of hydrogen-bond acceptors (Lipinski definition) is 6. The molecule has 7 nitrogen and oxygen atoms in total. The molecule has 1 aliphatic heterocycles. The summed E-state index contributed by atoms with van der Waals surface area (Å²) in [5.74, 6) is 2.00. The number of aromatic nitrogens is 1. The fourth-order valence-electron chi connectivity index (χ4n) is 6.77. The van der Waals surface area contributed by atoms with Crippen molar-refractivity contribution in [3.05, 3.63) is 77.4 Å². The predicted octanol–water partition coefficient (Wildman–Crippen LogP) is 6.97. The van der Waals surface area contributed by atoms with Crippen LogP contribution in [0.15, 0.2) is 59.0 Å². The Bertz CT molecular complexity index is 1520. The standard InChI is InChI=1S/C33H35FN2O5/c1-3-39-29-15-20(16-30(40-4-2)32(29)21-5-9-24(34)10-6-21)19-36-14-13-25-22(7-11-27(25)36)18-31-35-26-17-23(33(37)38)8-12-28(26)41-31/h5-6,8-10,12,15-17,22,25,27H,3-4,7,11,13-14,18-19H2,1-2H3,(H,37,38)/t22?,25-,27+/m0/s1. The van der Waals surface area contributed by atoms with E-state index in [0.717, 1.165) is 67.0 Å². The average Bonchev–Trinajstić information content (AvgIpc) is 3.66. The van der Waals surface area contributed by atoms with Gasteiger partial charge in [-0.1, -0.05) is 12.1 Å². The summed E-state index contributed by atoms with van der Waals surface area (Å²) >= 11 is 0. The van der Waals surface area contributed by atoms with Crippen LogP contribution < -0.4 is 9.47 Å². The van der Waals surface area contributed by atoms with Gasteiger partial charge in [-0.2, -0.15) is 0 Å². The molecule has 1 unspecified atom stereocenters. The van der Waals surface area contributed by atoms with E-state index < -0.39 is 5.97 Å². The first kappa shape index (κ1) is 27.3. The molecule has 1 saturated heterocycles. The minimum Gasteiger partial charge on any atom is -0.493 e. The number of hydrogen-bond donors (Lipinski definition) is 1. The zero-order valence-corrected chi connectivity index (χ0v) is 23.4. The van der Waals surface area contributed by atoms with Crippen molar-refractivity contribution in [3.8, 4) is 22.6 Å². The summed E-state index contributed by atoms with van der Waals surface area (Å²) in [6, 6.07) is 16.0. The monoisotopic (exact) mass is 558 g/mol. The normalized spacial score (nSPS) is 20.4. The predicted molar refractivity (Wildman–Crippen MR) is 154 cm³/mol. The van der Waals surface area contributed by atoms with E-state index >= 15 is 0 Å². The Hall–Kier alpha value is -3.91. The highest BCUT2D eigenvalue weighted by atomic mass is 19.1. The molecule has 4 aromatic rings. The smallest absolute Gasteiger partial charge is 0.335 e. The topological polar surface area (TPSA) is 85.0 Å². The molecule has 3 aromatic carbocycles. The van der Waals surface area contributed by atoms with Crippen LogP contribution in [-0.4, -0.2) is 46.8 Å². The maximum Gasteiger partial charge on any atom is 0.335 e. The van der Waals surface area contributed by atoms with Crippen LogP contribution >= 0.6 is 0 Å². The van der Waals surface area contributed by atoms with Crippen molar-refractivity contribution in [3.63, 3.8) is 0 Å². The molecule has 1 aliphatic carbocycles.